The van der Waals surface area contributed by atoms with E-state index in [0.717, 1.165) is 5.56 Å². The molecule has 0 N–H and O–H groups in total. The highest BCUT2D eigenvalue weighted by atomic mass is 16.5. The highest BCUT2D eigenvalue weighted by molar-refractivity contribution is 5.96. The topological polar surface area (TPSA) is 56.5 Å². The third kappa shape index (κ3) is 1.86. The summed E-state index contributed by atoms with van der Waals surface area (Å²) in [5, 5.41) is 0.999. The van der Waals surface area contributed by atoms with Gasteiger partial charge in [-0.3, -0.25) is 4.79 Å². The zero-order valence-corrected chi connectivity index (χ0v) is 11.1. The van der Waals surface area contributed by atoms with Crippen LogP contribution in [0.3, 0.4) is 0 Å². The van der Waals surface area contributed by atoms with Crippen LogP contribution in [0.2, 0.25) is 0 Å². The lowest BCUT2D eigenvalue weighted by molar-refractivity contribution is 0.0601. The molecule has 20 heavy (non-hydrogen) atoms. The van der Waals surface area contributed by atoms with E-state index in [1.165, 1.54) is 13.2 Å². The molecule has 2 aromatic carbocycles. The quantitative estimate of drug-likeness (QED) is 0.503. The third-order valence-corrected chi connectivity index (χ3v) is 3.25. The minimum Gasteiger partial charge on any atom is -0.465 e. The Hall–Kier alpha value is -2.62. The number of hydrogen-bond donors (Lipinski definition) is 0. The maximum absolute atomic E-state index is 12.4. The van der Waals surface area contributed by atoms with Crippen molar-refractivity contribution in [1.82, 2.24) is 0 Å². The summed E-state index contributed by atoms with van der Waals surface area (Å²) in [7, 11) is 1.31. The average Bonchev–Trinajstić information content (AvgIpc) is 2.47. The molecule has 4 heteroatoms. The number of fused-ring (bicyclic) bond motifs is 2. The van der Waals surface area contributed by atoms with Gasteiger partial charge in [-0.25, -0.2) is 4.79 Å². The molecule has 3 rings (SSSR count). The lowest BCUT2D eigenvalue weighted by atomic mass is 10.1. The van der Waals surface area contributed by atoms with Gasteiger partial charge in [0.15, 0.2) is 0 Å². The molecule has 0 bridgehead atoms. The summed E-state index contributed by atoms with van der Waals surface area (Å²) in [4.78, 5) is 23.9. The Balaban J connectivity index is 2.38. The monoisotopic (exact) mass is 268 g/mol. The maximum Gasteiger partial charge on any atom is 0.337 e. The summed E-state index contributed by atoms with van der Waals surface area (Å²) in [5.41, 5.74) is 2.15. The van der Waals surface area contributed by atoms with Gasteiger partial charge in [-0.15, -0.1) is 0 Å². The van der Waals surface area contributed by atoms with Gasteiger partial charge in [-0.2, -0.15) is 0 Å². The highest BCUT2D eigenvalue weighted by Gasteiger charge is 2.11. The SMILES string of the molecule is COC(=O)c1ccc2c(=O)c3cc(C)ccc3oc2c1. The second-order valence-corrected chi connectivity index (χ2v) is 4.63. The van der Waals surface area contributed by atoms with Gasteiger partial charge in [-0.05, 0) is 37.3 Å². The van der Waals surface area contributed by atoms with Gasteiger partial charge in [0.2, 0.25) is 5.43 Å². The van der Waals surface area contributed by atoms with Crippen molar-refractivity contribution in [2.45, 2.75) is 6.92 Å². The van der Waals surface area contributed by atoms with E-state index in [4.69, 9.17) is 4.42 Å². The van der Waals surface area contributed by atoms with Crippen LogP contribution in [0.25, 0.3) is 21.9 Å². The van der Waals surface area contributed by atoms with E-state index >= 15 is 0 Å². The van der Waals surface area contributed by atoms with Crippen LogP contribution in [0.1, 0.15) is 15.9 Å². The Kier molecular flexibility index (Phi) is 2.79. The van der Waals surface area contributed by atoms with Crippen molar-refractivity contribution in [3.8, 4) is 0 Å². The molecule has 0 saturated heterocycles. The number of ether oxygens (including phenoxy) is 1. The van der Waals surface area contributed by atoms with E-state index in [0.29, 0.717) is 27.5 Å². The molecule has 1 heterocycles. The molecule has 0 unspecified atom stereocenters. The summed E-state index contributed by atoms with van der Waals surface area (Å²) in [6, 6.07) is 10.1. The van der Waals surface area contributed by atoms with Gasteiger partial charge in [0.1, 0.15) is 11.2 Å². The van der Waals surface area contributed by atoms with Gasteiger partial charge in [-0.1, -0.05) is 11.6 Å². The Morgan fingerprint density at radius 1 is 1.05 bits per heavy atom. The fourth-order valence-corrected chi connectivity index (χ4v) is 2.21. The van der Waals surface area contributed by atoms with Crippen molar-refractivity contribution in [2.75, 3.05) is 7.11 Å². The number of rotatable bonds is 1. The molecular weight excluding hydrogens is 256 g/mol. The second-order valence-electron chi connectivity index (χ2n) is 4.63. The van der Waals surface area contributed by atoms with Gasteiger partial charge < -0.3 is 9.15 Å². The number of methoxy groups -OCH3 is 1. The molecule has 0 aliphatic heterocycles. The minimum atomic E-state index is -0.460. The number of aryl methyl sites for hydroxylation is 1. The van der Waals surface area contributed by atoms with E-state index in [-0.39, 0.29) is 5.43 Å². The second kappa shape index (κ2) is 4.49. The van der Waals surface area contributed by atoms with Crippen molar-refractivity contribution >= 4 is 27.9 Å². The Bertz CT molecular complexity index is 890. The molecule has 0 saturated carbocycles. The average molecular weight is 268 g/mol. The van der Waals surface area contributed by atoms with E-state index in [2.05, 4.69) is 4.74 Å². The standard InChI is InChI=1S/C16H12O4/c1-9-3-6-13-12(7-9)15(17)11-5-4-10(16(18)19-2)8-14(11)20-13/h3-8H,1-2H3. The molecule has 0 aliphatic rings. The maximum atomic E-state index is 12.4. The van der Waals surface area contributed by atoms with Crippen molar-refractivity contribution in [1.29, 1.82) is 0 Å². The molecule has 0 fully saturated rings. The van der Waals surface area contributed by atoms with E-state index in [1.807, 2.05) is 13.0 Å². The predicted molar refractivity (Wildman–Crippen MR) is 76.1 cm³/mol. The third-order valence-electron chi connectivity index (χ3n) is 3.25. The van der Waals surface area contributed by atoms with Gasteiger partial charge in [0.25, 0.3) is 0 Å². The number of carbonyl (C=O) groups is 1. The van der Waals surface area contributed by atoms with Crippen LogP contribution in [-0.4, -0.2) is 13.1 Å². The zero-order chi connectivity index (χ0) is 14.3. The summed E-state index contributed by atoms with van der Waals surface area (Å²) < 4.78 is 10.4. The van der Waals surface area contributed by atoms with Crippen LogP contribution in [0.4, 0.5) is 0 Å². The van der Waals surface area contributed by atoms with Gasteiger partial charge in [0, 0.05) is 0 Å². The first-order valence-electron chi connectivity index (χ1n) is 6.15. The molecule has 0 radical (unpaired) electrons. The van der Waals surface area contributed by atoms with Crippen molar-refractivity contribution in [3.63, 3.8) is 0 Å². The Morgan fingerprint density at radius 2 is 1.85 bits per heavy atom. The van der Waals surface area contributed by atoms with Crippen LogP contribution in [0.15, 0.2) is 45.6 Å². The summed E-state index contributed by atoms with van der Waals surface area (Å²) in [6.45, 7) is 1.92. The molecule has 3 aromatic rings. The zero-order valence-electron chi connectivity index (χ0n) is 11.1. The highest BCUT2D eigenvalue weighted by Crippen LogP contribution is 2.20. The van der Waals surface area contributed by atoms with Crippen LogP contribution in [0.5, 0.6) is 0 Å². The molecule has 0 atom stereocenters. The van der Waals surface area contributed by atoms with E-state index in [9.17, 15) is 9.59 Å². The number of esters is 1. The molecule has 4 nitrogen and oxygen atoms in total. The van der Waals surface area contributed by atoms with E-state index < -0.39 is 5.97 Å². The minimum absolute atomic E-state index is 0.0960. The molecule has 1 aromatic heterocycles. The lowest BCUT2D eigenvalue weighted by Crippen LogP contribution is -2.05. The first-order chi connectivity index (χ1) is 9.60. The van der Waals surface area contributed by atoms with Gasteiger partial charge >= 0.3 is 5.97 Å². The first-order valence-corrected chi connectivity index (χ1v) is 6.15. The van der Waals surface area contributed by atoms with E-state index in [1.54, 1.807) is 24.3 Å². The summed E-state index contributed by atoms with van der Waals surface area (Å²) in [6.07, 6.45) is 0. The van der Waals surface area contributed by atoms with Crippen LogP contribution in [0, 0.1) is 6.92 Å². The van der Waals surface area contributed by atoms with Crippen molar-refractivity contribution in [3.05, 3.63) is 57.7 Å². The molecule has 100 valence electrons. The smallest absolute Gasteiger partial charge is 0.337 e. The fourth-order valence-electron chi connectivity index (χ4n) is 2.21. The summed E-state index contributed by atoms with van der Waals surface area (Å²) >= 11 is 0. The number of hydrogen-bond acceptors (Lipinski definition) is 4. The number of carbonyl (C=O) groups excluding carboxylic acids is 1. The molecular formula is C16H12O4. The predicted octanol–water partition coefficient (Wildman–Crippen LogP) is 3.04. The van der Waals surface area contributed by atoms with Crippen LogP contribution in [-0.2, 0) is 4.74 Å². The summed E-state index contributed by atoms with van der Waals surface area (Å²) in [5.74, 6) is -0.460. The van der Waals surface area contributed by atoms with Crippen molar-refractivity contribution < 1.29 is 13.9 Å². The fraction of sp³-hybridized carbons (Fsp3) is 0.125. The largest absolute Gasteiger partial charge is 0.465 e. The van der Waals surface area contributed by atoms with Gasteiger partial charge in [0.05, 0.1) is 23.4 Å². The van der Waals surface area contributed by atoms with Crippen LogP contribution >= 0.6 is 0 Å². The lowest BCUT2D eigenvalue weighted by Gasteiger charge is -2.04. The van der Waals surface area contributed by atoms with Crippen molar-refractivity contribution in [2.24, 2.45) is 0 Å². The first kappa shape index (κ1) is 12.4. The molecule has 0 amide bonds. The molecule has 0 spiro atoms. The normalized spacial score (nSPS) is 10.9. The number of benzene rings is 2. The van der Waals surface area contributed by atoms with Crippen LogP contribution < -0.4 is 5.43 Å². The molecule has 0 aliphatic carbocycles. The Morgan fingerprint density at radius 3 is 2.60 bits per heavy atom. The Labute approximate surface area is 114 Å².